The van der Waals surface area contributed by atoms with Gasteiger partial charge in [0.05, 0.1) is 27.6 Å². The van der Waals surface area contributed by atoms with E-state index in [-0.39, 0.29) is 30.0 Å². The molecule has 3 aromatic heterocycles. The molecule has 7 rings (SSSR count). The summed E-state index contributed by atoms with van der Waals surface area (Å²) in [5.74, 6) is -2.56. The molecule has 4 N–H and O–H groups in total. The number of aromatic nitrogens is 4. The van der Waals surface area contributed by atoms with E-state index in [2.05, 4.69) is 20.0 Å². The number of para-hydroxylation sites is 1. The van der Waals surface area contributed by atoms with E-state index in [4.69, 9.17) is 15.7 Å². The number of benzene rings is 2. The number of thiazole rings is 1. The van der Waals surface area contributed by atoms with Gasteiger partial charge in [0.2, 0.25) is 21.8 Å². The lowest BCUT2D eigenvalue weighted by molar-refractivity contribution is -0.141. The number of nitrogens with zero attached hydrogens (tertiary/aromatic N) is 5. The highest BCUT2D eigenvalue weighted by molar-refractivity contribution is 7.92. The molecule has 16 heteroatoms. The molecule has 5 heterocycles. The molecule has 2 aliphatic rings. The lowest BCUT2D eigenvalue weighted by Gasteiger charge is -2.46. The van der Waals surface area contributed by atoms with Gasteiger partial charge in [-0.05, 0) is 49.1 Å². The summed E-state index contributed by atoms with van der Waals surface area (Å²) in [4.78, 5) is 36.7. The van der Waals surface area contributed by atoms with Gasteiger partial charge in [0.1, 0.15) is 11.6 Å². The van der Waals surface area contributed by atoms with Crippen LogP contribution in [-0.2, 0) is 33.1 Å². The average molecular weight is 695 g/mol. The third-order valence-corrected chi connectivity index (χ3v) is 10.8. The van der Waals surface area contributed by atoms with E-state index >= 15 is 0 Å². The first-order chi connectivity index (χ1) is 22.8. The van der Waals surface area contributed by atoms with Gasteiger partial charge in [0, 0.05) is 61.6 Å². The average Bonchev–Trinajstić information content (AvgIpc) is 3.58. The van der Waals surface area contributed by atoms with E-state index in [9.17, 15) is 26.8 Å². The number of piperidine rings is 1. The molecule has 1 spiro atoms. The monoisotopic (exact) mass is 694 g/mol. The zero-order valence-electron chi connectivity index (χ0n) is 26.1. The Labute approximate surface area is 278 Å². The van der Waals surface area contributed by atoms with Crippen molar-refractivity contribution in [3.63, 3.8) is 0 Å². The Morgan fingerprint density at radius 1 is 1.12 bits per heavy atom. The fraction of sp³-hybridized carbons (Fsp3) is 0.344. The standard InChI is InChI=1S/C32H32F2N8O4S2/c1-41-27-21(4-3-5-22(27)28(39-41)40-48(2,45)46)23-15-24-29(38-31(47-24)42-8-6-32(7-9-42)16-36-30(32)44)37-26(23)18(13-25(35)43)10-17-11-19(33)14-20(34)12-17/h3-5,11-12,14-15,18H,6-10,13,16H2,1-2H3,(H2,35,43)(H,36,44)(H,39,40)/t18-/m0/s1. The number of hydrogen-bond acceptors (Lipinski definition) is 9. The number of carbonyl (C=O) groups is 2. The molecule has 0 aliphatic carbocycles. The van der Waals surface area contributed by atoms with Crippen LogP contribution >= 0.6 is 11.3 Å². The van der Waals surface area contributed by atoms with Crippen molar-refractivity contribution in [3.8, 4) is 11.1 Å². The van der Waals surface area contributed by atoms with Gasteiger partial charge in [0.15, 0.2) is 16.6 Å². The second-order valence-corrected chi connectivity index (χ2v) is 15.3. The maximum atomic E-state index is 14.3. The van der Waals surface area contributed by atoms with E-state index in [1.807, 2.05) is 12.1 Å². The summed E-state index contributed by atoms with van der Waals surface area (Å²) in [6, 6.07) is 10.5. The van der Waals surface area contributed by atoms with Gasteiger partial charge in [-0.15, -0.1) is 0 Å². The van der Waals surface area contributed by atoms with Crippen molar-refractivity contribution in [1.29, 1.82) is 0 Å². The summed E-state index contributed by atoms with van der Waals surface area (Å²) in [5.41, 5.74) is 8.49. The van der Waals surface area contributed by atoms with Crippen LogP contribution in [0.15, 0.2) is 42.5 Å². The molecular formula is C32H32F2N8O4S2. The Bertz CT molecular complexity index is 2210. The van der Waals surface area contributed by atoms with Gasteiger partial charge < -0.3 is 16.0 Å². The molecule has 48 heavy (non-hydrogen) atoms. The number of anilines is 2. The summed E-state index contributed by atoms with van der Waals surface area (Å²) in [7, 11) is -1.95. The van der Waals surface area contributed by atoms with Gasteiger partial charge in [-0.2, -0.15) is 10.1 Å². The number of halogens is 2. The summed E-state index contributed by atoms with van der Waals surface area (Å²) in [5, 5.41) is 8.57. The minimum atomic E-state index is -3.64. The van der Waals surface area contributed by atoms with Gasteiger partial charge in [-0.3, -0.25) is 19.0 Å². The first-order valence-corrected chi connectivity index (χ1v) is 18.0. The summed E-state index contributed by atoms with van der Waals surface area (Å²) >= 11 is 1.45. The minimum absolute atomic E-state index is 0.0542. The lowest BCUT2D eigenvalue weighted by Crippen LogP contribution is -2.62. The van der Waals surface area contributed by atoms with Crippen LogP contribution < -0.4 is 20.7 Å². The number of amides is 2. The number of pyridine rings is 1. The van der Waals surface area contributed by atoms with E-state index < -0.39 is 33.5 Å². The van der Waals surface area contributed by atoms with Crippen LogP contribution in [0.25, 0.3) is 32.4 Å². The largest absolute Gasteiger partial charge is 0.370 e. The first kappa shape index (κ1) is 31.9. The number of primary amides is 1. The van der Waals surface area contributed by atoms with Gasteiger partial charge in [-0.1, -0.05) is 23.5 Å². The number of nitrogens with two attached hydrogens (primary N) is 1. The highest BCUT2D eigenvalue weighted by atomic mass is 32.2. The number of sulfonamides is 1. The van der Waals surface area contributed by atoms with Crippen LogP contribution in [0.2, 0.25) is 0 Å². The van der Waals surface area contributed by atoms with Crippen molar-refractivity contribution in [2.45, 2.75) is 31.6 Å². The Balaban J connectivity index is 1.38. The van der Waals surface area contributed by atoms with Crippen molar-refractivity contribution in [3.05, 3.63) is 65.4 Å². The molecule has 2 saturated heterocycles. The van der Waals surface area contributed by atoms with Gasteiger partial charge in [0.25, 0.3) is 0 Å². The predicted octanol–water partition coefficient (Wildman–Crippen LogP) is 3.81. The molecule has 2 amide bonds. The second-order valence-electron chi connectivity index (χ2n) is 12.6. The molecule has 5 aromatic rings. The molecule has 0 bridgehead atoms. The lowest BCUT2D eigenvalue weighted by atomic mass is 9.73. The molecule has 12 nitrogen and oxygen atoms in total. The molecule has 2 aliphatic heterocycles. The maximum absolute atomic E-state index is 14.3. The Morgan fingerprint density at radius 2 is 1.85 bits per heavy atom. The number of hydrogen-bond donors (Lipinski definition) is 3. The summed E-state index contributed by atoms with van der Waals surface area (Å²) < 4.78 is 57.6. The smallest absolute Gasteiger partial charge is 0.231 e. The maximum Gasteiger partial charge on any atom is 0.231 e. The predicted molar refractivity (Wildman–Crippen MR) is 179 cm³/mol. The zero-order chi connectivity index (χ0) is 34.0. The number of fused-ring (bicyclic) bond motifs is 2. The van der Waals surface area contributed by atoms with Crippen molar-refractivity contribution < 1.29 is 26.8 Å². The van der Waals surface area contributed by atoms with Crippen molar-refractivity contribution in [1.82, 2.24) is 25.1 Å². The Kier molecular flexibility index (Phi) is 7.82. The van der Waals surface area contributed by atoms with E-state index in [1.54, 1.807) is 23.9 Å². The molecule has 2 fully saturated rings. The molecule has 2 aromatic carbocycles. The van der Waals surface area contributed by atoms with Crippen LogP contribution in [0, 0.1) is 17.0 Å². The van der Waals surface area contributed by atoms with Crippen molar-refractivity contribution in [2.24, 2.45) is 18.2 Å². The van der Waals surface area contributed by atoms with Crippen LogP contribution in [0.3, 0.4) is 0 Å². The van der Waals surface area contributed by atoms with E-state index in [1.165, 1.54) is 23.5 Å². The number of β-lactam (4-membered cyclic amide) rings is 1. The normalized spacial score (nSPS) is 16.7. The Morgan fingerprint density at radius 3 is 2.48 bits per heavy atom. The highest BCUT2D eigenvalue weighted by Crippen LogP contribution is 2.43. The number of carbonyl (C=O) groups excluding carboxylic acids is 2. The number of aryl methyl sites for hydroxylation is 1. The van der Waals surface area contributed by atoms with E-state index in [0.717, 1.165) is 35.0 Å². The first-order valence-electron chi connectivity index (χ1n) is 15.3. The molecule has 0 saturated carbocycles. The van der Waals surface area contributed by atoms with Gasteiger partial charge >= 0.3 is 0 Å². The quantitative estimate of drug-likeness (QED) is 0.196. The van der Waals surface area contributed by atoms with Crippen LogP contribution in [0.1, 0.15) is 36.4 Å². The zero-order valence-corrected chi connectivity index (χ0v) is 27.7. The molecule has 250 valence electrons. The molecule has 1 atom stereocenters. The topological polar surface area (TPSA) is 165 Å². The molecule has 0 unspecified atom stereocenters. The Hall–Kier alpha value is -4.70. The van der Waals surface area contributed by atoms with Crippen LogP contribution in [0.4, 0.5) is 19.7 Å². The van der Waals surface area contributed by atoms with Gasteiger partial charge in [-0.25, -0.2) is 22.2 Å². The third kappa shape index (κ3) is 5.94. The number of rotatable bonds is 9. The number of nitrogens with one attached hydrogen (secondary N) is 2. The van der Waals surface area contributed by atoms with E-state index in [0.29, 0.717) is 58.6 Å². The molecular weight excluding hydrogens is 663 g/mol. The fourth-order valence-corrected chi connectivity index (χ4v) is 8.30. The summed E-state index contributed by atoms with van der Waals surface area (Å²) in [6.45, 7) is 2.00. The highest BCUT2D eigenvalue weighted by Gasteiger charge is 2.48. The minimum Gasteiger partial charge on any atom is -0.370 e. The molecule has 0 radical (unpaired) electrons. The van der Waals surface area contributed by atoms with Crippen molar-refractivity contribution >= 4 is 65.4 Å². The summed E-state index contributed by atoms with van der Waals surface area (Å²) in [6.07, 6.45) is 2.37. The van der Waals surface area contributed by atoms with Crippen LogP contribution in [-0.4, -0.2) is 65.9 Å². The second kappa shape index (κ2) is 11.8. The SMILES string of the molecule is Cn1nc(NS(C)(=O)=O)c2cccc(-c3cc4sc(N5CCC6(CC5)CNC6=O)nc4nc3[C@H](CC(N)=O)Cc3cc(F)cc(F)c3)c21. The fourth-order valence-electron chi connectivity index (χ4n) is 6.80. The van der Waals surface area contributed by atoms with Crippen molar-refractivity contribution in [2.75, 3.05) is 35.5 Å². The third-order valence-electron chi connectivity index (χ3n) is 9.14. The van der Waals surface area contributed by atoms with Crippen LogP contribution in [0.5, 0.6) is 0 Å².